The molecule has 0 heterocycles. The highest BCUT2D eigenvalue weighted by molar-refractivity contribution is 7.94. The van der Waals surface area contributed by atoms with Crippen molar-refractivity contribution in [2.24, 2.45) is 0 Å². The van der Waals surface area contributed by atoms with Gasteiger partial charge >= 0.3 is 10.4 Å². The molecular formula is C36H80N2O8S2. The van der Waals surface area contributed by atoms with Crippen molar-refractivity contribution in [3.05, 3.63) is 0 Å². The highest BCUT2D eigenvalue weighted by Crippen LogP contribution is 2.15. The largest absolute Gasteiger partial charge is 0.725 e. The summed E-state index contributed by atoms with van der Waals surface area (Å²) in [6, 6.07) is 0. The number of hydrogen-bond acceptors (Lipinski definition) is 8. The van der Waals surface area contributed by atoms with Crippen LogP contribution in [0.3, 0.4) is 0 Å². The molecule has 0 aromatic heterocycles. The summed E-state index contributed by atoms with van der Waals surface area (Å²) in [5, 5.41) is 9.01. The Morgan fingerprint density at radius 2 is 0.646 bits per heavy atom. The van der Waals surface area contributed by atoms with Gasteiger partial charge in [-0.2, -0.15) is 8.42 Å². The van der Waals surface area contributed by atoms with Crippen LogP contribution in [-0.4, -0.2) is 82.7 Å². The number of rotatable bonds is 31. The third-order valence-corrected chi connectivity index (χ3v) is 11.7. The molecule has 0 aliphatic heterocycles. The van der Waals surface area contributed by atoms with Crippen LogP contribution < -0.4 is 5.26 Å². The first-order valence-electron chi connectivity index (χ1n) is 19.7. The first-order chi connectivity index (χ1) is 22.8. The zero-order chi connectivity index (χ0) is 37.2. The minimum absolute atomic E-state index is 1.31. The molecule has 0 N–H and O–H groups in total. The summed E-state index contributed by atoms with van der Waals surface area (Å²) < 4.78 is 55.2. The minimum Gasteiger partial charge on any atom is -0.725 e. The molecular weight excluding hydrogens is 653 g/mol. The van der Waals surface area contributed by atoms with E-state index >= 15 is 0 Å². The van der Waals surface area contributed by atoms with Crippen molar-refractivity contribution in [3.8, 4) is 0 Å². The SMILES string of the molecule is CCCCCCCCCCCC[N+](CC)(CC)CC.CCCCCCCCCCCC[N+](CC)(CC)CC.O=S(=O)([O-])OS(=O)(=O)O[O-]. The van der Waals surface area contributed by atoms with E-state index in [-0.39, 0.29) is 0 Å². The van der Waals surface area contributed by atoms with Crippen molar-refractivity contribution in [1.82, 2.24) is 0 Å². The van der Waals surface area contributed by atoms with E-state index in [1.165, 1.54) is 190 Å². The van der Waals surface area contributed by atoms with E-state index in [9.17, 15) is 21.4 Å². The van der Waals surface area contributed by atoms with E-state index in [0.717, 1.165) is 0 Å². The Morgan fingerprint density at radius 3 is 0.812 bits per heavy atom. The molecule has 0 unspecified atom stereocenters. The summed E-state index contributed by atoms with van der Waals surface area (Å²) in [6.45, 7) is 29.4. The average molecular weight is 733 g/mol. The second-order valence-electron chi connectivity index (χ2n) is 13.3. The van der Waals surface area contributed by atoms with Gasteiger partial charge < -0.3 is 23.1 Å². The van der Waals surface area contributed by atoms with Crippen molar-refractivity contribution in [2.75, 3.05) is 52.4 Å². The van der Waals surface area contributed by atoms with Gasteiger partial charge in [-0.3, -0.25) is 0 Å². The van der Waals surface area contributed by atoms with Crippen molar-refractivity contribution in [2.45, 2.75) is 184 Å². The molecule has 0 rings (SSSR count). The molecule has 0 saturated carbocycles. The summed E-state index contributed by atoms with van der Waals surface area (Å²) in [5.41, 5.74) is 0. The van der Waals surface area contributed by atoms with Crippen molar-refractivity contribution >= 4 is 20.8 Å². The van der Waals surface area contributed by atoms with E-state index in [2.05, 4.69) is 63.4 Å². The van der Waals surface area contributed by atoms with Crippen LogP contribution in [0.2, 0.25) is 0 Å². The van der Waals surface area contributed by atoms with Crippen LogP contribution >= 0.6 is 0 Å². The fraction of sp³-hybridized carbons (Fsp3) is 1.00. The smallest absolute Gasteiger partial charge is 0.405 e. The molecule has 0 aromatic rings. The summed E-state index contributed by atoms with van der Waals surface area (Å²) in [6.07, 6.45) is 29.0. The normalized spacial score (nSPS) is 12.3. The van der Waals surface area contributed by atoms with Crippen LogP contribution in [-0.2, 0) is 28.8 Å². The maximum atomic E-state index is 9.68. The van der Waals surface area contributed by atoms with E-state index in [1.807, 2.05) is 0 Å². The second kappa shape index (κ2) is 33.8. The Balaban J connectivity index is -0.000000665. The van der Waals surface area contributed by atoms with Gasteiger partial charge in [-0.25, -0.2) is 8.42 Å². The maximum Gasteiger partial charge on any atom is 0.405 e. The Kier molecular flexibility index (Phi) is 36.6. The molecule has 0 saturated heterocycles. The fourth-order valence-electron chi connectivity index (χ4n) is 6.27. The summed E-state index contributed by atoms with van der Waals surface area (Å²) in [4.78, 5) is 0. The van der Waals surface area contributed by atoms with E-state index in [1.54, 1.807) is 0 Å². The molecule has 48 heavy (non-hydrogen) atoms. The fourth-order valence-corrected chi connectivity index (χ4v) is 7.18. The standard InChI is InChI=1S/2C18H40N.H2O8S2/c2*1-5-9-10-11-12-13-14-15-16-17-18-19(6-2,7-3)8-4;1-7-10(5,6)8-9(2,3)4/h2*5-18H2,1-4H3;1H,(H,2,3,4)/q2*+1;/p-2. The molecule has 0 aliphatic rings. The summed E-state index contributed by atoms with van der Waals surface area (Å²) in [5.74, 6) is 0. The predicted octanol–water partition coefficient (Wildman–Crippen LogP) is 8.57. The van der Waals surface area contributed by atoms with E-state index in [4.69, 9.17) is 5.26 Å². The number of hydrogen-bond donors (Lipinski definition) is 0. The first kappa shape index (κ1) is 52.0. The van der Waals surface area contributed by atoms with Gasteiger partial charge in [0.15, 0.2) is 0 Å². The lowest BCUT2D eigenvalue weighted by atomic mass is 10.1. The zero-order valence-corrected chi connectivity index (χ0v) is 34.4. The van der Waals surface area contributed by atoms with Crippen LogP contribution in [0.4, 0.5) is 0 Å². The Morgan fingerprint density at radius 1 is 0.417 bits per heavy atom. The lowest BCUT2D eigenvalue weighted by molar-refractivity contribution is -0.923. The highest BCUT2D eigenvalue weighted by atomic mass is 32.3. The molecule has 0 fully saturated rings. The lowest BCUT2D eigenvalue weighted by Gasteiger charge is -2.35. The number of quaternary nitrogens is 2. The van der Waals surface area contributed by atoms with Crippen LogP contribution in [0.25, 0.3) is 0 Å². The predicted molar refractivity (Wildman–Crippen MR) is 198 cm³/mol. The Hall–Kier alpha value is -0.340. The zero-order valence-electron chi connectivity index (χ0n) is 32.8. The van der Waals surface area contributed by atoms with Gasteiger partial charge in [0, 0.05) is 0 Å². The highest BCUT2D eigenvalue weighted by Gasteiger charge is 2.20. The Bertz CT molecular complexity index is 822. The topological polar surface area (TPSA) is 133 Å². The molecule has 0 spiro atoms. The van der Waals surface area contributed by atoms with Crippen molar-refractivity contribution in [3.63, 3.8) is 0 Å². The molecule has 0 amide bonds. The third-order valence-electron chi connectivity index (χ3n) is 10.2. The molecule has 294 valence electrons. The van der Waals surface area contributed by atoms with Gasteiger partial charge in [-0.05, 0) is 67.2 Å². The second-order valence-corrected chi connectivity index (χ2v) is 15.7. The Labute approximate surface area is 299 Å². The molecule has 10 nitrogen and oxygen atoms in total. The van der Waals surface area contributed by atoms with E-state index in [0.29, 0.717) is 0 Å². The monoisotopic (exact) mass is 733 g/mol. The van der Waals surface area contributed by atoms with Crippen LogP contribution in [0.5, 0.6) is 0 Å². The molecule has 0 aliphatic carbocycles. The molecule has 12 heteroatoms. The van der Waals surface area contributed by atoms with Crippen LogP contribution in [0.1, 0.15) is 184 Å². The van der Waals surface area contributed by atoms with Crippen molar-refractivity contribution < 1.29 is 43.6 Å². The number of unbranched alkanes of at least 4 members (excludes halogenated alkanes) is 18. The molecule has 0 aromatic carbocycles. The quantitative estimate of drug-likeness (QED) is 0.0173. The molecule has 0 atom stereocenters. The van der Waals surface area contributed by atoms with Crippen LogP contribution in [0.15, 0.2) is 0 Å². The summed E-state index contributed by atoms with van der Waals surface area (Å²) >= 11 is 0. The first-order valence-corrected chi connectivity index (χ1v) is 22.4. The van der Waals surface area contributed by atoms with Gasteiger partial charge in [0.05, 0.1) is 52.4 Å². The van der Waals surface area contributed by atoms with Gasteiger partial charge in [0.2, 0.25) is 10.4 Å². The molecule has 0 radical (unpaired) electrons. The van der Waals surface area contributed by atoms with Crippen LogP contribution in [0, 0.1) is 0 Å². The van der Waals surface area contributed by atoms with Gasteiger partial charge in [0.25, 0.3) is 0 Å². The maximum absolute atomic E-state index is 9.68. The minimum atomic E-state index is -5.46. The summed E-state index contributed by atoms with van der Waals surface area (Å²) in [7, 11) is -10.7. The van der Waals surface area contributed by atoms with E-state index < -0.39 is 20.8 Å². The van der Waals surface area contributed by atoms with Gasteiger partial charge in [-0.15, -0.1) is 3.63 Å². The lowest BCUT2D eigenvalue weighted by Crippen LogP contribution is -2.48. The third kappa shape index (κ3) is 32.8. The molecule has 0 bridgehead atoms. The number of nitrogens with zero attached hydrogens (tertiary/aromatic N) is 2. The van der Waals surface area contributed by atoms with Crippen molar-refractivity contribution in [1.29, 1.82) is 0 Å². The van der Waals surface area contributed by atoms with Gasteiger partial charge in [0.1, 0.15) is 0 Å². The average Bonchev–Trinajstić information content (AvgIpc) is 3.06. The van der Waals surface area contributed by atoms with Gasteiger partial charge in [-0.1, -0.05) is 117 Å².